The van der Waals surface area contributed by atoms with Gasteiger partial charge in [0.2, 0.25) is 5.91 Å². The standard InChI is InChI=1S/C14H24F3N3O2/c1-10(11-6-4-3-5-7-11)19-13(22)18-8-12(21)20(2)9-14(15,16)17/h10-11H,3-9H2,1-2H3,(H2,18,19,22). The smallest absolute Gasteiger partial charge is 0.335 e. The van der Waals surface area contributed by atoms with Crippen LogP contribution in [0.25, 0.3) is 0 Å². The highest BCUT2D eigenvalue weighted by molar-refractivity contribution is 5.83. The molecule has 0 radical (unpaired) electrons. The Morgan fingerprint density at radius 3 is 2.36 bits per heavy atom. The zero-order valence-electron chi connectivity index (χ0n) is 13.0. The zero-order chi connectivity index (χ0) is 16.8. The summed E-state index contributed by atoms with van der Waals surface area (Å²) >= 11 is 0. The largest absolute Gasteiger partial charge is 0.406 e. The first-order chi connectivity index (χ1) is 10.2. The lowest BCUT2D eigenvalue weighted by Gasteiger charge is -2.28. The Morgan fingerprint density at radius 1 is 1.23 bits per heavy atom. The fraction of sp³-hybridized carbons (Fsp3) is 0.857. The van der Waals surface area contributed by atoms with Crippen molar-refractivity contribution in [2.45, 2.75) is 51.2 Å². The first-order valence-electron chi connectivity index (χ1n) is 7.54. The number of hydrogen-bond acceptors (Lipinski definition) is 2. The van der Waals surface area contributed by atoms with Gasteiger partial charge in [-0.05, 0) is 25.7 Å². The average Bonchev–Trinajstić information content (AvgIpc) is 2.43. The maximum Gasteiger partial charge on any atom is 0.406 e. The van der Waals surface area contributed by atoms with Gasteiger partial charge in [-0.3, -0.25) is 4.79 Å². The molecule has 1 atom stereocenters. The third-order valence-electron chi connectivity index (χ3n) is 3.96. The van der Waals surface area contributed by atoms with Crippen LogP contribution in [0.3, 0.4) is 0 Å². The van der Waals surface area contributed by atoms with Crippen LogP contribution in [-0.4, -0.2) is 49.2 Å². The lowest BCUT2D eigenvalue weighted by atomic mass is 9.85. The summed E-state index contributed by atoms with van der Waals surface area (Å²) < 4.78 is 36.4. The lowest BCUT2D eigenvalue weighted by molar-refractivity contribution is -0.157. The summed E-state index contributed by atoms with van der Waals surface area (Å²) in [5.41, 5.74) is 0. The Kier molecular flexibility index (Phi) is 6.96. The molecule has 3 amide bonds. The summed E-state index contributed by atoms with van der Waals surface area (Å²) in [4.78, 5) is 23.7. The molecule has 0 saturated heterocycles. The number of hydrogen-bond donors (Lipinski definition) is 2. The molecular weight excluding hydrogens is 299 g/mol. The van der Waals surface area contributed by atoms with Crippen molar-refractivity contribution in [3.8, 4) is 0 Å². The van der Waals surface area contributed by atoms with E-state index in [-0.39, 0.29) is 6.04 Å². The normalized spacial score (nSPS) is 17.7. The minimum absolute atomic E-state index is 0.0108. The van der Waals surface area contributed by atoms with Crippen LogP contribution in [0.2, 0.25) is 0 Å². The number of halogens is 3. The third-order valence-corrected chi connectivity index (χ3v) is 3.96. The second-order valence-electron chi connectivity index (χ2n) is 5.88. The van der Waals surface area contributed by atoms with E-state index in [1.807, 2.05) is 6.92 Å². The van der Waals surface area contributed by atoms with Gasteiger partial charge in [-0.2, -0.15) is 13.2 Å². The second kappa shape index (κ2) is 8.24. The molecule has 0 bridgehead atoms. The molecule has 8 heteroatoms. The Bertz CT molecular complexity index is 382. The molecule has 5 nitrogen and oxygen atoms in total. The monoisotopic (exact) mass is 323 g/mol. The SMILES string of the molecule is CC(NC(=O)NCC(=O)N(C)CC(F)(F)F)C1CCCCC1. The molecule has 1 aliphatic carbocycles. The topological polar surface area (TPSA) is 61.4 Å². The number of carbonyl (C=O) groups is 2. The van der Waals surface area contributed by atoms with Gasteiger partial charge in [0.25, 0.3) is 0 Å². The summed E-state index contributed by atoms with van der Waals surface area (Å²) in [6, 6.07) is -0.532. The molecule has 2 N–H and O–H groups in total. The van der Waals surface area contributed by atoms with E-state index in [9.17, 15) is 22.8 Å². The van der Waals surface area contributed by atoms with E-state index in [1.165, 1.54) is 6.42 Å². The maximum atomic E-state index is 12.1. The van der Waals surface area contributed by atoms with Gasteiger partial charge in [0.15, 0.2) is 0 Å². The quantitative estimate of drug-likeness (QED) is 0.815. The second-order valence-corrected chi connectivity index (χ2v) is 5.88. The van der Waals surface area contributed by atoms with Crippen molar-refractivity contribution in [1.29, 1.82) is 0 Å². The Hall–Kier alpha value is -1.47. The van der Waals surface area contributed by atoms with Crippen molar-refractivity contribution in [3.63, 3.8) is 0 Å². The molecule has 0 aromatic rings. The van der Waals surface area contributed by atoms with E-state index in [0.717, 1.165) is 32.7 Å². The van der Waals surface area contributed by atoms with Gasteiger partial charge in [-0.15, -0.1) is 0 Å². The molecule has 0 aromatic carbocycles. The van der Waals surface area contributed by atoms with Gasteiger partial charge < -0.3 is 15.5 Å². The third kappa shape index (κ3) is 7.00. The van der Waals surface area contributed by atoms with Gasteiger partial charge in [-0.25, -0.2) is 4.79 Å². The first kappa shape index (κ1) is 18.6. The fourth-order valence-electron chi connectivity index (χ4n) is 2.66. The van der Waals surface area contributed by atoms with E-state index in [1.54, 1.807) is 0 Å². The maximum absolute atomic E-state index is 12.1. The van der Waals surface area contributed by atoms with Crippen LogP contribution in [0.5, 0.6) is 0 Å². The Labute approximate surface area is 128 Å². The fourth-order valence-corrected chi connectivity index (χ4v) is 2.66. The minimum Gasteiger partial charge on any atom is -0.335 e. The number of nitrogens with one attached hydrogen (secondary N) is 2. The van der Waals surface area contributed by atoms with Crippen LogP contribution < -0.4 is 10.6 Å². The Morgan fingerprint density at radius 2 is 1.82 bits per heavy atom. The molecule has 0 aliphatic heterocycles. The van der Waals surface area contributed by atoms with Crippen LogP contribution in [0.4, 0.5) is 18.0 Å². The van der Waals surface area contributed by atoms with Crippen LogP contribution in [0.15, 0.2) is 0 Å². The number of alkyl halides is 3. The van der Waals surface area contributed by atoms with E-state index >= 15 is 0 Å². The van der Waals surface area contributed by atoms with E-state index in [4.69, 9.17) is 0 Å². The zero-order valence-corrected chi connectivity index (χ0v) is 13.0. The molecule has 22 heavy (non-hydrogen) atoms. The molecule has 128 valence electrons. The highest BCUT2D eigenvalue weighted by atomic mass is 19.4. The molecule has 1 unspecified atom stereocenters. The van der Waals surface area contributed by atoms with Gasteiger partial charge >= 0.3 is 12.2 Å². The van der Waals surface area contributed by atoms with Gasteiger partial charge in [0, 0.05) is 13.1 Å². The molecule has 0 heterocycles. The van der Waals surface area contributed by atoms with Crippen LogP contribution in [-0.2, 0) is 4.79 Å². The summed E-state index contributed by atoms with van der Waals surface area (Å²) in [5.74, 6) is -0.360. The van der Waals surface area contributed by atoms with Crippen molar-refractivity contribution in [2.75, 3.05) is 20.1 Å². The van der Waals surface area contributed by atoms with E-state index < -0.39 is 31.2 Å². The molecule has 0 spiro atoms. The van der Waals surface area contributed by atoms with Crippen molar-refractivity contribution in [3.05, 3.63) is 0 Å². The molecule has 1 aliphatic rings. The van der Waals surface area contributed by atoms with Crippen molar-refractivity contribution in [2.24, 2.45) is 5.92 Å². The van der Waals surface area contributed by atoms with Crippen LogP contribution >= 0.6 is 0 Å². The summed E-state index contributed by atoms with van der Waals surface area (Å²) in [5, 5.41) is 5.06. The lowest BCUT2D eigenvalue weighted by Crippen LogP contribution is -2.48. The Balaban J connectivity index is 2.28. The molecule has 1 fully saturated rings. The van der Waals surface area contributed by atoms with Crippen LogP contribution in [0, 0.1) is 5.92 Å². The summed E-state index contributed by atoms with van der Waals surface area (Å²) in [6.45, 7) is 0.135. The first-order valence-corrected chi connectivity index (χ1v) is 7.54. The number of urea groups is 1. The summed E-state index contributed by atoms with van der Waals surface area (Å²) in [6.07, 6.45) is 1.21. The van der Waals surface area contributed by atoms with Crippen molar-refractivity contribution in [1.82, 2.24) is 15.5 Å². The molecule has 1 rings (SSSR count). The number of likely N-dealkylation sites (N-methyl/N-ethyl adjacent to an activating group) is 1. The number of carbonyl (C=O) groups excluding carboxylic acids is 2. The predicted octanol–water partition coefficient (Wildman–Crippen LogP) is 2.28. The molecular formula is C14H24F3N3O2. The number of rotatable bonds is 5. The molecule has 1 saturated carbocycles. The van der Waals surface area contributed by atoms with Crippen molar-refractivity contribution >= 4 is 11.9 Å². The van der Waals surface area contributed by atoms with Crippen LogP contribution in [0.1, 0.15) is 39.0 Å². The van der Waals surface area contributed by atoms with Crippen molar-refractivity contribution < 1.29 is 22.8 Å². The van der Waals surface area contributed by atoms with E-state index in [0.29, 0.717) is 10.8 Å². The van der Waals surface area contributed by atoms with Gasteiger partial charge in [0.1, 0.15) is 6.54 Å². The van der Waals surface area contributed by atoms with Gasteiger partial charge in [0.05, 0.1) is 6.54 Å². The summed E-state index contributed by atoms with van der Waals surface area (Å²) in [7, 11) is 1.06. The predicted molar refractivity (Wildman–Crippen MR) is 76.3 cm³/mol. The minimum atomic E-state index is -4.44. The average molecular weight is 323 g/mol. The number of amides is 3. The van der Waals surface area contributed by atoms with Gasteiger partial charge in [-0.1, -0.05) is 19.3 Å². The highest BCUT2D eigenvalue weighted by Gasteiger charge is 2.31. The molecule has 0 aromatic heterocycles. The van der Waals surface area contributed by atoms with E-state index in [2.05, 4.69) is 10.6 Å². The number of nitrogens with zero attached hydrogens (tertiary/aromatic N) is 1. The highest BCUT2D eigenvalue weighted by Crippen LogP contribution is 2.26.